The van der Waals surface area contributed by atoms with E-state index in [1.54, 1.807) is 0 Å². The molecule has 1 N–H and O–H groups in total. The Morgan fingerprint density at radius 2 is 2.21 bits per heavy atom. The second-order valence-corrected chi connectivity index (χ2v) is 7.43. The van der Waals surface area contributed by atoms with Gasteiger partial charge in [0.25, 0.3) is 0 Å². The lowest BCUT2D eigenvalue weighted by atomic mass is 10.1. The number of rotatable bonds is 4. The quantitative estimate of drug-likeness (QED) is 0.916. The molecule has 1 aromatic rings. The van der Waals surface area contributed by atoms with Crippen LogP contribution in [-0.2, 0) is 22.0 Å². The summed E-state index contributed by atoms with van der Waals surface area (Å²) in [5.41, 5.74) is 2.27. The van der Waals surface area contributed by atoms with E-state index in [0.29, 0.717) is 6.42 Å². The Kier molecular flexibility index (Phi) is 3.67. The van der Waals surface area contributed by atoms with Gasteiger partial charge in [-0.1, -0.05) is 17.7 Å². The monoisotopic (exact) mass is 282 g/mol. The van der Waals surface area contributed by atoms with E-state index in [-0.39, 0.29) is 11.9 Å². The first-order valence-electron chi connectivity index (χ1n) is 6.19. The van der Waals surface area contributed by atoms with Crippen molar-refractivity contribution in [3.05, 3.63) is 29.3 Å². The zero-order valence-electron chi connectivity index (χ0n) is 11.3. The highest BCUT2D eigenvalue weighted by molar-refractivity contribution is 7.87. The summed E-state index contributed by atoms with van der Waals surface area (Å²) in [6, 6.07) is 5.94. The van der Waals surface area contributed by atoms with Crippen molar-refractivity contribution in [1.29, 1.82) is 0 Å². The molecule has 0 saturated carbocycles. The zero-order valence-corrected chi connectivity index (χ0v) is 12.1. The number of hydrogen-bond donors (Lipinski definition) is 1. The van der Waals surface area contributed by atoms with E-state index >= 15 is 0 Å². The molecule has 1 aliphatic heterocycles. The van der Waals surface area contributed by atoms with Crippen LogP contribution in [0.1, 0.15) is 25.0 Å². The zero-order chi connectivity index (χ0) is 14.2. The highest BCUT2D eigenvalue weighted by Gasteiger charge is 2.37. The minimum atomic E-state index is -1.47. The van der Waals surface area contributed by atoms with Crippen molar-refractivity contribution in [3.63, 3.8) is 0 Å². The summed E-state index contributed by atoms with van der Waals surface area (Å²) in [7, 11) is -1.47. The highest BCUT2D eigenvalue weighted by atomic mass is 32.2. The average molecular weight is 282 g/mol. The number of ether oxygens (including phenoxy) is 1. The van der Waals surface area contributed by atoms with Crippen molar-refractivity contribution in [2.24, 2.45) is 0 Å². The number of carboxylic acid groups (broad SMARTS) is 1. The third-order valence-electron chi connectivity index (χ3n) is 3.38. The van der Waals surface area contributed by atoms with Gasteiger partial charge >= 0.3 is 5.97 Å². The fourth-order valence-corrected chi connectivity index (χ4v) is 3.15. The first kappa shape index (κ1) is 14.1. The molecule has 2 unspecified atom stereocenters. The van der Waals surface area contributed by atoms with Crippen molar-refractivity contribution >= 4 is 16.8 Å². The summed E-state index contributed by atoms with van der Waals surface area (Å²) in [6.45, 7) is 4.98. The van der Waals surface area contributed by atoms with Crippen LogP contribution in [0.4, 0.5) is 0 Å². The molecule has 19 heavy (non-hydrogen) atoms. The van der Waals surface area contributed by atoms with Gasteiger partial charge in [0.2, 0.25) is 0 Å². The summed E-state index contributed by atoms with van der Waals surface area (Å²) in [4.78, 5) is 11.1. The summed E-state index contributed by atoms with van der Waals surface area (Å²) < 4.78 is 16.6. The highest BCUT2D eigenvalue weighted by Crippen LogP contribution is 2.30. The Hall–Kier alpha value is -1.36. The van der Waals surface area contributed by atoms with Gasteiger partial charge in [-0.25, -0.2) is 0 Å². The van der Waals surface area contributed by atoms with Crippen LogP contribution in [-0.4, -0.2) is 31.9 Å². The molecule has 0 saturated heterocycles. The van der Waals surface area contributed by atoms with Crippen LogP contribution in [0.5, 0.6) is 5.75 Å². The number of benzene rings is 1. The van der Waals surface area contributed by atoms with Crippen molar-refractivity contribution in [3.8, 4) is 5.75 Å². The molecule has 104 valence electrons. The Balaban J connectivity index is 2.05. The van der Waals surface area contributed by atoms with Gasteiger partial charge in [-0.2, -0.15) is 0 Å². The molecule has 4 nitrogen and oxygen atoms in total. The molecule has 1 heterocycles. The molecule has 1 aromatic carbocycles. The van der Waals surface area contributed by atoms with Gasteiger partial charge in [-0.05, 0) is 32.4 Å². The van der Waals surface area contributed by atoms with Crippen molar-refractivity contribution in [1.82, 2.24) is 0 Å². The molecular weight excluding hydrogens is 264 g/mol. The normalized spacial score (nSPS) is 19.6. The number of carbonyl (C=O) groups is 1. The predicted octanol–water partition coefficient (Wildman–Crippen LogP) is 1.91. The molecular formula is C14H18O4S. The van der Waals surface area contributed by atoms with E-state index in [2.05, 4.69) is 6.07 Å². The number of fused-ring (bicyclic) bond motifs is 1. The molecule has 0 amide bonds. The van der Waals surface area contributed by atoms with Crippen LogP contribution in [0.25, 0.3) is 0 Å². The Morgan fingerprint density at radius 1 is 1.53 bits per heavy atom. The molecule has 1 aliphatic rings. The third kappa shape index (κ3) is 2.81. The van der Waals surface area contributed by atoms with Gasteiger partial charge in [-0.15, -0.1) is 0 Å². The Morgan fingerprint density at radius 3 is 2.84 bits per heavy atom. The van der Waals surface area contributed by atoms with Crippen LogP contribution in [0, 0.1) is 6.92 Å². The molecule has 2 atom stereocenters. The number of hydrogen-bond acceptors (Lipinski definition) is 3. The number of carboxylic acids is 1. The molecule has 0 bridgehead atoms. The SMILES string of the molecule is Cc1ccc2c(c1)CC(CS(=O)C(C)(C)C(=O)O)O2. The van der Waals surface area contributed by atoms with E-state index < -0.39 is 21.5 Å². The van der Waals surface area contributed by atoms with Gasteiger partial charge in [0.05, 0.1) is 5.75 Å². The molecule has 0 fully saturated rings. The molecule has 0 radical (unpaired) electrons. The van der Waals surface area contributed by atoms with Gasteiger partial charge in [0, 0.05) is 17.2 Å². The maximum absolute atomic E-state index is 12.1. The third-order valence-corrected chi connectivity index (χ3v) is 5.37. The summed E-state index contributed by atoms with van der Waals surface area (Å²) in [5, 5.41) is 9.06. The van der Waals surface area contributed by atoms with Crippen molar-refractivity contribution in [2.75, 3.05) is 5.75 Å². The molecule has 2 rings (SSSR count). The number of aryl methyl sites for hydroxylation is 1. The molecule has 0 aliphatic carbocycles. The van der Waals surface area contributed by atoms with Gasteiger partial charge in [-0.3, -0.25) is 9.00 Å². The smallest absolute Gasteiger partial charge is 0.321 e. The maximum Gasteiger partial charge on any atom is 0.321 e. The predicted molar refractivity (Wildman–Crippen MR) is 74.0 cm³/mol. The first-order chi connectivity index (χ1) is 8.80. The molecule has 5 heteroatoms. The lowest BCUT2D eigenvalue weighted by Crippen LogP contribution is -2.40. The van der Waals surface area contributed by atoms with Gasteiger partial charge < -0.3 is 9.84 Å². The second-order valence-electron chi connectivity index (χ2n) is 5.38. The van der Waals surface area contributed by atoms with E-state index in [1.165, 1.54) is 13.8 Å². The fourth-order valence-electron chi connectivity index (χ4n) is 2.02. The van der Waals surface area contributed by atoms with E-state index in [9.17, 15) is 9.00 Å². The topological polar surface area (TPSA) is 63.6 Å². The largest absolute Gasteiger partial charge is 0.489 e. The average Bonchev–Trinajstić information content (AvgIpc) is 2.69. The molecule has 0 spiro atoms. The van der Waals surface area contributed by atoms with E-state index in [4.69, 9.17) is 9.84 Å². The van der Waals surface area contributed by atoms with Crippen LogP contribution in [0.2, 0.25) is 0 Å². The first-order valence-corrected chi connectivity index (χ1v) is 7.50. The van der Waals surface area contributed by atoms with Gasteiger partial charge in [0.15, 0.2) is 0 Å². The summed E-state index contributed by atoms with van der Waals surface area (Å²) in [5.74, 6) is 0.0189. The lowest BCUT2D eigenvalue weighted by Gasteiger charge is -2.20. The summed E-state index contributed by atoms with van der Waals surface area (Å²) in [6.07, 6.45) is 0.495. The Bertz CT molecular complexity index is 536. The van der Waals surface area contributed by atoms with Crippen LogP contribution >= 0.6 is 0 Å². The minimum Gasteiger partial charge on any atom is -0.489 e. The molecule has 0 aromatic heterocycles. The minimum absolute atomic E-state index is 0.198. The standard InChI is InChI=1S/C14H18O4S/c1-9-4-5-12-10(6-9)7-11(18-12)8-19(17)14(2,3)13(15)16/h4-6,11H,7-8H2,1-3H3,(H,15,16). The van der Waals surface area contributed by atoms with Crippen molar-refractivity contribution in [2.45, 2.75) is 38.0 Å². The van der Waals surface area contributed by atoms with Crippen LogP contribution < -0.4 is 4.74 Å². The van der Waals surface area contributed by atoms with Crippen LogP contribution in [0.3, 0.4) is 0 Å². The maximum atomic E-state index is 12.1. The fraction of sp³-hybridized carbons (Fsp3) is 0.500. The Labute approximate surface area is 115 Å². The van der Waals surface area contributed by atoms with Crippen molar-refractivity contribution < 1.29 is 18.8 Å². The van der Waals surface area contributed by atoms with Crippen LogP contribution in [0.15, 0.2) is 18.2 Å². The lowest BCUT2D eigenvalue weighted by molar-refractivity contribution is -0.139. The van der Waals surface area contributed by atoms with Gasteiger partial charge in [0.1, 0.15) is 16.6 Å². The number of aliphatic carboxylic acids is 1. The van der Waals surface area contributed by atoms with E-state index in [1.807, 2.05) is 19.1 Å². The second kappa shape index (κ2) is 4.96. The summed E-state index contributed by atoms with van der Waals surface area (Å²) >= 11 is 0. The van der Waals surface area contributed by atoms with E-state index in [0.717, 1.165) is 16.9 Å².